The minimum atomic E-state index is -1.57. The summed E-state index contributed by atoms with van der Waals surface area (Å²) in [6.07, 6.45) is -3.14. The molecular formula is C36H45NO6P2RbSe2+2. The fourth-order valence-electron chi connectivity index (χ4n) is 5.36. The molecule has 2 saturated heterocycles. The first-order chi connectivity index (χ1) is 23.8. The molecule has 4 aromatic rings. The molecule has 0 aromatic heterocycles. The zero-order chi connectivity index (χ0) is 33.0. The molecule has 48 heavy (non-hydrogen) atoms. The molecule has 2 aliphatic rings. The van der Waals surface area contributed by atoms with E-state index in [1.54, 1.807) is 21.2 Å². The van der Waals surface area contributed by atoms with E-state index in [1.165, 1.54) is 0 Å². The van der Waals surface area contributed by atoms with Crippen molar-refractivity contribution in [2.75, 3.05) is 79.3 Å². The third kappa shape index (κ3) is 12.2. The van der Waals surface area contributed by atoms with Gasteiger partial charge in [-0.2, -0.15) is 0 Å². The topological polar surface area (TPSA) is 67.4 Å². The van der Waals surface area contributed by atoms with Gasteiger partial charge in [-0.15, -0.1) is 0 Å². The maximum atomic E-state index is 5.33. The molecule has 2 aliphatic heterocycles. The van der Waals surface area contributed by atoms with E-state index in [0.717, 1.165) is 7.14 Å². The van der Waals surface area contributed by atoms with Crippen LogP contribution in [0.5, 0.6) is 0 Å². The Morgan fingerprint density at radius 3 is 0.771 bits per heavy atom. The van der Waals surface area contributed by atoms with E-state index in [0.29, 0.717) is 79.3 Å². The number of ether oxygens (including phenoxy) is 6. The summed E-state index contributed by atoms with van der Waals surface area (Å²) in [5.41, 5.74) is 0. The van der Waals surface area contributed by atoms with E-state index >= 15 is 0 Å². The van der Waals surface area contributed by atoms with E-state index < -0.39 is 57.4 Å². The van der Waals surface area contributed by atoms with E-state index in [-0.39, 0.29) is 0 Å². The van der Waals surface area contributed by atoms with Crippen LogP contribution in [0.4, 0.5) is 0 Å². The first-order valence-corrected chi connectivity index (χ1v) is 48.9. The number of benzene rings is 4. The predicted octanol–water partition coefficient (Wildman–Crippen LogP) is 3.63. The van der Waals surface area contributed by atoms with Crippen LogP contribution >= 0.6 is 12.2 Å². The molecule has 4 aromatic carbocycles. The molecule has 7 nitrogen and oxygen atoms in total. The van der Waals surface area contributed by atoms with Crippen LogP contribution in [0.25, 0.3) is 0 Å². The van der Waals surface area contributed by atoms with Gasteiger partial charge in [-0.3, -0.25) is 0 Å². The summed E-state index contributed by atoms with van der Waals surface area (Å²) in [4.78, 5) is 4.58. The molecule has 0 atom stereocenters. The quantitative estimate of drug-likeness (QED) is 0.248. The first kappa shape index (κ1) is 39.5. The van der Waals surface area contributed by atoms with E-state index in [1.807, 2.05) is 0 Å². The Hall–Kier alpha value is 0.304. The zero-order valence-corrected chi connectivity index (χ0v) is 37.8. The van der Waals surface area contributed by atoms with Crippen molar-refractivity contribution in [3.05, 3.63) is 121 Å². The van der Waals surface area contributed by atoms with Gasteiger partial charge in [0.2, 0.25) is 0 Å². The summed E-state index contributed by atoms with van der Waals surface area (Å²) in [6, 6.07) is 45.7. The van der Waals surface area contributed by atoms with Crippen molar-refractivity contribution >= 4 is 85.8 Å². The van der Waals surface area contributed by atoms with Crippen LogP contribution < -0.4 is 26.1 Å². The summed E-state index contributed by atoms with van der Waals surface area (Å²) >= 11 is -1.08. The fraction of sp³-hybridized carbons (Fsp3) is 0.333. The Morgan fingerprint density at radius 1 is 0.354 bits per heavy atom. The summed E-state index contributed by atoms with van der Waals surface area (Å²) in [7, 11) is 0. The van der Waals surface area contributed by atoms with Crippen molar-refractivity contribution in [1.29, 1.82) is 0 Å². The Kier molecular flexibility index (Phi) is 19.0. The van der Waals surface area contributed by atoms with Gasteiger partial charge in [0.15, 0.2) is 0 Å². The van der Waals surface area contributed by atoms with Crippen LogP contribution in [0.3, 0.4) is 0 Å². The van der Waals surface area contributed by atoms with Crippen molar-refractivity contribution in [1.82, 2.24) is 4.86 Å². The normalized spacial score (nSPS) is 19.8. The van der Waals surface area contributed by atoms with Crippen LogP contribution in [-0.4, -0.2) is 132 Å². The average Bonchev–Trinajstić information content (AvgIpc) is 3.16. The van der Waals surface area contributed by atoms with E-state index in [9.17, 15) is 0 Å². The minimum absolute atomic E-state index is 0.586. The third-order valence-corrected chi connectivity index (χ3v) is 144. The van der Waals surface area contributed by atoms with Crippen LogP contribution in [0, 0.1) is 0 Å². The maximum absolute atomic E-state index is 5.33. The second-order valence-electron chi connectivity index (χ2n) is 10.9. The SMILES string of the molecule is C1COCCOCCOCCOCCOCCO1.c1ccc([P+]2(c3ccccc3)N[P+](c3ccccc3)(c3ccccc3)[Se][Rb][Se]2)cc1. The molecule has 1 N–H and O–H groups in total. The Balaban J connectivity index is 0.000000216. The Morgan fingerprint density at radius 2 is 0.562 bits per heavy atom. The van der Waals surface area contributed by atoms with Gasteiger partial charge in [-0.05, 0) is 0 Å². The molecule has 2 heterocycles. The van der Waals surface area contributed by atoms with Crippen LogP contribution in [0.15, 0.2) is 121 Å². The monoisotopic (exact) mass is 894 g/mol. The molecule has 0 saturated carbocycles. The Labute approximate surface area is 315 Å². The third-order valence-electron chi connectivity index (χ3n) is 7.69. The second kappa shape index (κ2) is 23.1. The van der Waals surface area contributed by atoms with Gasteiger partial charge in [0.1, 0.15) is 0 Å². The molecule has 0 amide bonds. The van der Waals surface area contributed by atoms with Gasteiger partial charge in [0.05, 0.1) is 79.3 Å². The van der Waals surface area contributed by atoms with Gasteiger partial charge in [-0.1, -0.05) is 0 Å². The molecule has 12 heteroatoms. The fourth-order valence-corrected chi connectivity index (χ4v) is 238. The molecule has 0 bridgehead atoms. The van der Waals surface area contributed by atoms with Crippen molar-refractivity contribution in [2.45, 2.75) is 0 Å². The molecule has 0 spiro atoms. The van der Waals surface area contributed by atoms with Crippen LogP contribution in [0.1, 0.15) is 0 Å². The van der Waals surface area contributed by atoms with Crippen LogP contribution in [0.2, 0.25) is 0 Å². The van der Waals surface area contributed by atoms with E-state index in [2.05, 4.69) is 126 Å². The van der Waals surface area contributed by atoms with Gasteiger partial charge in [-0.25, -0.2) is 0 Å². The number of hydrogen-bond acceptors (Lipinski definition) is 7. The standard InChI is InChI=1S/C24H21NP2Se2.C12H24O6.Rb/c28-26(21-13-5-1-6-14-21,22-15-7-2-8-16-22)25-27(29,23-17-9-3-10-18-23)24-19-11-4-12-20-24;1-2-14-5-6-16-9-10-18-12-11-17-8-7-15-4-3-13-1;/h1-20H,(H,25,28,29);1-12H2;/q;;+2. The molecule has 251 valence electrons. The van der Waals surface area contributed by atoms with Gasteiger partial charge in [0.25, 0.3) is 0 Å². The molecular weight excluding hydrogens is 848 g/mol. The van der Waals surface area contributed by atoms with Gasteiger partial charge < -0.3 is 28.4 Å². The first-order valence-electron chi connectivity index (χ1n) is 16.6. The zero-order valence-electron chi connectivity index (χ0n) is 27.7. The summed E-state index contributed by atoms with van der Waals surface area (Å²) in [5, 5.41) is 6.24. The predicted molar refractivity (Wildman–Crippen MR) is 203 cm³/mol. The van der Waals surface area contributed by atoms with Crippen molar-refractivity contribution in [2.24, 2.45) is 0 Å². The second-order valence-corrected chi connectivity index (χ2v) is 82.8. The molecule has 0 unspecified atom stereocenters. The number of hydrogen-bond donors (Lipinski definition) is 1. The summed E-state index contributed by atoms with van der Waals surface area (Å²) in [5.74, 6) is 0. The van der Waals surface area contributed by atoms with Gasteiger partial charge >= 0.3 is 212 Å². The molecule has 0 aliphatic carbocycles. The summed E-state index contributed by atoms with van der Waals surface area (Å²) < 4.78 is 33.5. The van der Waals surface area contributed by atoms with Gasteiger partial charge in [0, 0.05) is 0 Å². The number of nitrogens with one attached hydrogen (secondary N) is 1. The van der Waals surface area contributed by atoms with Crippen molar-refractivity contribution < 1.29 is 28.4 Å². The molecule has 2 fully saturated rings. The molecule has 6 rings (SSSR count). The van der Waals surface area contributed by atoms with Crippen molar-refractivity contribution in [3.8, 4) is 0 Å². The van der Waals surface area contributed by atoms with Crippen LogP contribution in [-0.2, 0) is 28.4 Å². The molecule has 5 radical (unpaired) electrons. The van der Waals surface area contributed by atoms with E-state index in [4.69, 9.17) is 28.4 Å². The average molecular weight is 893 g/mol. The summed E-state index contributed by atoms with van der Waals surface area (Å²) in [6.45, 7) is 7.04. The van der Waals surface area contributed by atoms with Crippen molar-refractivity contribution in [3.63, 3.8) is 0 Å². The Bertz CT molecular complexity index is 1180. The number of rotatable bonds is 4.